The fourth-order valence-electron chi connectivity index (χ4n) is 2.09. The van der Waals surface area contributed by atoms with E-state index in [1.807, 2.05) is 47.8 Å². The van der Waals surface area contributed by atoms with Gasteiger partial charge in [0.15, 0.2) is 0 Å². The average molecular weight is 298 g/mol. The summed E-state index contributed by atoms with van der Waals surface area (Å²) in [6, 6.07) is 13.8. The van der Waals surface area contributed by atoms with Crippen molar-refractivity contribution in [1.82, 2.24) is 20.1 Å². The van der Waals surface area contributed by atoms with Crippen LogP contribution in [0.4, 0.5) is 0 Å². The molecule has 1 atom stereocenters. The molecule has 2 heterocycles. The van der Waals surface area contributed by atoms with Crippen molar-refractivity contribution in [2.75, 3.05) is 0 Å². The molecule has 1 aromatic carbocycles. The number of hydrogen-bond donors (Lipinski definition) is 1. The topological polar surface area (TPSA) is 59.8 Å². The van der Waals surface area contributed by atoms with Gasteiger partial charge in [-0.2, -0.15) is 5.10 Å². The van der Waals surface area contributed by atoms with Gasteiger partial charge >= 0.3 is 0 Å². The number of hydrogen-bond acceptors (Lipinski definition) is 4. The first-order valence-electron chi connectivity index (χ1n) is 6.53. The summed E-state index contributed by atoms with van der Waals surface area (Å²) in [6.45, 7) is 0.161. The molecule has 3 rings (SSSR count). The second-order valence-corrected chi connectivity index (χ2v) is 5.50. The molecule has 1 amide bonds. The maximum absolute atomic E-state index is 12.2. The number of amides is 1. The van der Waals surface area contributed by atoms with Crippen LogP contribution in [0.2, 0.25) is 0 Å². The molecule has 5 nitrogen and oxygen atoms in total. The Morgan fingerprint density at radius 3 is 2.76 bits per heavy atom. The number of benzene rings is 1. The zero-order valence-electron chi connectivity index (χ0n) is 11.2. The number of nitrogens with zero attached hydrogens (tertiary/aromatic N) is 3. The normalized spacial score (nSPS) is 12.0. The summed E-state index contributed by atoms with van der Waals surface area (Å²) in [5.74, 6) is -0.0947. The largest absolute Gasteiger partial charge is 0.343 e. The smallest absolute Gasteiger partial charge is 0.242 e. The van der Waals surface area contributed by atoms with Crippen molar-refractivity contribution in [1.29, 1.82) is 0 Å². The zero-order chi connectivity index (χ0) is 14.5. The summed E-state index contributed by atoms with van der Waals surface area (Å²) >= 11 is 1.63. The zero-order valence-corrected chi connectivity index (χ0v) is 12.0. The standard InChI is InChI=1S/C15H14N4OS/c20-14(9-19-11-16-10-17-19)18-15(13-7-4-8-21-13)12-5-2-1-3-6-12/h1-8,10-11,15H,9H2,(H,18,20). The minimum atomic E-state index is -0.137. The van der Waals surface area contributed by atoms with Crippen molar-refractivity contribution >= 4 is 17.2 Å². The molecule has 1 unspecified atom stereocenters. The lowest BCUT2D eigenvalue weighted by Crippen LogP contribution is -2.32. The molecule has 21 heavy (non-hydrogen) atoms. The van der Waals surface area contributed by atoms with Crippen molar-refractivity contribution in [3.8, 4) is 0 Å². The Labute approximate surface area is 126 Å². The van der Waals surface area contributed by atoms with Crippen LogP contribution in [0.5, 0.6) is 0 Å². The number of carbonyl (C=O) groups excluding carboxylic acids is 1. The molecule has 0 aliphatic carbocycles. The van der Waals surface area contributed by atoms with Gasteiger partial charge in [0, 0.05) is 4.88 Å². The van der Waals surface area contributed by atoms with Gasteiger partial charge in [-0.1, -0.05) is 36.4 Å². The molecule has 0 aliphatic rings. The Balaban J connectivity index is 1.78. The monoisotopic (exact) mass is 298 g/mol. The lowest BCUT2D eigenvalue weighted by atomic mass is 10.1. The van der Waals surface area contributed by atoms with Gasteiger partial charge in [0.25, 0.3) is 0 Å². The molecule has 0 aliphatic heterocycles. The van der Waals surface area contributed by atoms with E-state index >= 15 is 0 Å². The Morgan fingerprint density at radius 1 is 1.24 bits per heavy atom. The average Bonchev–Trinajstić information content (AvgIpc) is 3.19. The first-order chi connectivity index (χ1) is 10.3. The summed E-state index contributed by atoms with van der Waals surface area (Å²) in [5.41, 5.74) is 1.06. The minimum Gasteiger partial charge on any atom is -0.343 e. The minimum absolute atomic E-state index is 0.0947. The third-order valence-corrected chi connectivity index (χ3v) is 3.98. The predicted octanol–water partition coefficient (Wildman–Crippen LogP) is 2.25. The van der Waals surface area contributed by atoms with E-state index in [0.717, 1.165) is 10.4 Å². The lowest BCUT2D eigenvalue weighted by molar-refractivity contribution is -0.122. The molecule has 0 bridgehead atoms. The molecular formula is C15H14N4OS. The van der Waals surface area contributed by atoms with E-state index in [-0.39, 0.29) is 18.5 Å². The second kappa shape index (κ2) is 6.32. The molecule has 106 valence electrons. The van der Waals surface area contributed by atoms with Crippen molar-refractivity contribution < 1.29 is 4.79 Å². The van der Waals surface area contributed by atoms with Crippen LogP contribution < -0.4 is 5.32 Å². The van der Waals surface area contributed by atoms with Crippen LogP contribution in [0.15, 0.2) is 60.5 Å². The summed E-state index contributed by atoms with van der Waals surface area (Å²) in [4.78, 5) is 17.1. The van der Waals surface area contributed by atoms with Crippen molar-refractivity contribution in [3.05, 3.63) is 70.9 Å². The van der Waals surface area contributed by atoms with E-state index < -0.39 is 0 Å². The first kappa shape index (κ1) is 13.5. The first-order valence-corrected chi connectivity index (χ1v) is 7.41. The van der Waals surface area contributed by atoms with Crippen LogP contribution in [-0.2, 0) is 11.3 Å². The molecule has 0 fully saturated rings. The fourth-order valence-corrected chi connectivity index (χ4v) is 2.89. The predicted molar refractivity (Wildman–Crippen MR) is 80.8 cm³/mol. The third kappa shape index (κ3) is 3.35. The number of thiophene rings is 1. The van der Waals surface area contributed by atoms with Gasteiger partial charge in [0.2, 0.25) is 5.91 Å². The van der Waals surface area contributed by atoms with Gasteiger partial charge in [-0.05, 0) is 17.0 Å². The van der Waals surface area contributed by atoms with E-state index in [1.54, 1.807) is 11.3 Å². The fraction of sp³-hybridized carbons (Fsp3) is 0.133. The Bertz CT molecular complexity index is 680. The maximum atomic E-state index is 12.2. The van der Waals surface area contributed by atoms with Gasteiger partial charge in [0.05, 0.1) is 6.04 Å². The van der Waals surface area contributed by atoms with E-state index in [9.17, 15) is 4.79 Å². The van der Waals surface area contributed by atoms with Gasteiger partial charge in [-0.3, -0.25) is 4.79 Å². The molecule has 6 heteroatoms. The van der Waals surface area contributed by atoms with Gasteiger partial charge in [-0.15, -0.1) is 11.3 Å². The molecule has 2 aromatic heterocycles. The molecule has 0 spiro atoms. The van der Waals surface area contributed by atoms with Crippen LogP contribution in [0, 0.1) is 0 Å². The van der Waals surface area contributed by atoms with E-state index in [1.165, 1.54) is 17.3 Å². The Hall–Kier alpha value is -2.47. The summed E-state index contributed by atoms with van der Waals surface area (Å²) in [7, 11) is 0. The van der Waals surface area contributed by atoms with Gasteiger partial charge in [-0.25, -0.2) is 9.67 Å². The van der Waals surface area contributed by atoms with E-state index in [0.29, 0.717) is 0 Å². The third-order valence-electron chi connectivity index (χ3n) is 3.04. The van der Waals surface area contributed by atoms with E-state index in [2.05, 4.69) is 15.4 Å². The molecule has 3 aromatic rings. The maximum Gasteiger partial charge on any atom is 0.242 e. The van der Waals surface area contributed by atoms with Gasteiger partial charge in [0.1, 0.15) is 19.2 Å². The molecular weight excluding hydrogens is 284 g/mol. The highest BCUT2D eigenvalue weighted by atomic mass is 32.1. The summed E-state index contributed by atoms with van der Waals surface area (Å²) in [5, 5.41) is 9.01. The molecule has 0 saturated heterocycles. The summed E-state index contributed by atoms with van der Waals surface area (Å²) in [6.07, 6.45) is 2.95. The Morgan fingerprint density at radius 2 is 2.10 bits per heavy atom. The number of rotatable bonds is 5. The number of aromatic nitrogens is 3. The van der Waals surface area contributed by atoms with Crippen molar-refractivity contribution in [3.63, 3.8) is 0 Å². The second-order valence-electron chi connectivity index (χ2n) is 4.52. The number of carbonyl (C=O) groups is 1. The lowest BCUT2D eigenvalue weighted by Gasteiger charge is -2.18. The SMILES string of the molecule is O=C(Cn1cncn1)NC(c1ccccc1)c1cccs1. The van der Waals surface area contributed by atoms with Crippen LogP contribution in [0.25, 0.3) is 0 Å². The highest BCUT2D eigenvalue weighted by molar-refractivity contribution is 7.10. The van der Waals surface area contributed by atoms with Crippen LogP contribution in [0.1, 0.15) is 16.5 Å². The van der Waals surface area contributed by atoms with Gasteiger partial charge < -0.3 is 5.32 Å². The summed E-state index contributed by atoms with van der Waals surface area (Å²) < 4.78 is 1.51. The van der Waals surface area contributed by atoms with Crippen molar-refractivity contribution in [2.45, 2.75) is 12.6 Å². The van der Waals surface area contributed by atoms with Crippen LogP contribution in [-0.4, -0.2) is 20.7 Å². The van der Waals surface area contributed by atoms with E-state index in [4.69, 9.17) is 0 Å². The highest BCUT2D eigenvalue weighted by Crippen LogP contribution is 2.25. The van der Waals surface area contributed by atoms with Crippen LogP contribution in [0.3, 0.4) is 0 Å². The quantitative estimate of drug-likeness (QED) is 0.786. The Kier molecular flexibility index (Phi) is 4.07. The highest BCUT2D eigenvalue weighted by Gasteiger charge is 2.17. The molecule has 0 radical (unpaired) electrons. The molecule has 0 saturated carbocycles. The van der Waals surface area contributed by atoms with Crippen LogP contribution >= 0.6 is 11.3 Å². The van der Waals surface area contributed by atoms with Crippen molar-refractivity contribution in [2.24, 2.45) is 0 Å². The number of nitrogens with one attached hydrogen (secondary N) is 1. The molecule has 1 N–H and O–H groups in total.